The molecule has 2 amide bonds. The van der Waals surface area contributed by atoms with Crippen molar-refractivity contribution in [3.63, 3.8) is 0 Å². The van der Waals surface area contributed by atoms with Crippen LogP contribution in [0.4, 0.5) is 10.5 Å². The lowest BCUT2D eigenvalue weighted by molar-refractivity contribution is 0.194. The summed E-state index contributed by atoms with van der Waals surface area (Å²) >= 11 is 0. The molecule has 0 saturated carbocycles. The van der Waals surface area contributed by atoms with E-state index in [1.165, 1.54) is 0 Å². The maximum Gasteiger partial charge on any atom is 0.321 e. The van der Waals surface area contributed by atoms with Gasteiger partial charge in [0, 0.05) is 45.0 Å². The van der Waals surface area contributed by atoms with Crippen molar-refractivity contribution in [2.24, 2.45) is 7.05 Å². The lowest BCUT2D eigenvalue weighted by Gasteiger charge is -2.31. The molecule has 0 atom stereocenters. The highest BCUT2D eigenvalue weighted by molar-refractivity contribution is 5.89. The Morgan fingerprint density at radius 3 is 2.76 bits per heavy atom. The first-order valence-electron chi connectivity index (χ1n) is 8.74. The summed E-state index contributed by atoms with van der Waals surface area (Å²) in [7, 11) is 5.99. The third kappa shape index (κ3) is 4.60. The van der Waals surface area contributed by atoms with Crippen LogP contribution >= 0.6 is 0 Å². The van der Waals surface area contributed by atoms with Crippen molar-refractivity contribution in [3.05, 3.63) is 30.4 Å². The summed E-state index contributed by atoms with van der Waals surface area (Å²) in [6.45, 7) is 3.22. The molecular formula is C17H27N7O. The summed E-state index contributed by atoms with van der Waals surface area (Å²) < 4.78 is 3.69. The molecule has 2 aromatic heterocycles. The molecule has 1 aliphatic heterocycles. The van der Waals surface area contributed by atoms with Gasteiger partial charge in [-0.2, -0.15) is 10.2 Å². The van der Waals surface area contributed by atoms with Crippen LogP contribution in [0.3, 0.4) is 0 Å². The van der Waals surface area contributed by atoms with Crippen LogP contribution in [-0.4, -0.2) is 69.1 Å². The standard InChI is InChI=1S/C17H27N7O/c1-21(2)10-11-24-13-15(12-18-24)19-17(25)23-8-4-14(5-9-23)16-6-7-22(3)20-16/h6-7,12-14H,4-5,8-11H2,1-3H3,(H,19,25). The number of rotatable bonds is 5. The van der Waals surface area contributed by atoms with Gasteiger partial charge in [0.25, 0.3) is 0 Å². The van der Waals surface area contributed by atoms with E-state index < -0.39 is 0 Å². The van der Waals surface area contributed by atoms with Crippen molar-refractivity contribution in [1.29, 1.82) is 0 Å². The molecule has 3 rings (SSSR count). The average Bonchev–Trinajstić information content (AvgIpc) is 3.22. The van der Waals surface area contributed by atoms with Crippen molar-refractivity contribution >= 4 is 11.7 Å². The number of carbonyl (C=O) groups excluding carboxylic acids is 1. The van der Waals surface area contributed by atoms with E-state index in [1.807, 2.05) is 47.8 Å². The van der Waals surface area contributed by atoms with Crippen LogP contribution in [0.2, 0.25) is 0 Å². The predicted octanol–water partition coefficient (Wildman–Crippen LogP) is 1.59. The van der Waals surface area contributed by atoms with E-state index in [2.05, 4.69) is 26.5 Å². The van der Waals surface area contributed by atoms with Crippen LogP contribution in [0.1, 0.15) is 24.5 Å². The van der Waals surface area contributed by atoms with Gasteiger partial charge in [-0.25, -0.2) is 4.79 Å². The highest BCUT2D eigenvalue weighted by atomic mass is 16.2. The molecule has 0 aliphatic carbocycles. The van der Waals surface area contributed by atoms with Gasteiger partial charge in [-0.1, -0.05) is 0 Å². The van der Waals surface area contributed by atoms with Crippen LogP contribution in [0.15, 0.2) is 24.7 Å². The minimum absolute atomic E-state index is 0.0494. The highest BCUT2D eigenvalue weighted by Crippen LogP contribution is 2.26. The minimum atomic E-state index is -0.0494. The van der Waals surface area contributed by atoms with Crippen LogP contribution in [0, 0.1) is 0 Å². The molecule has 2 aromatic rings. The molecule has 0 spiro atoms. The number of hydrogen-bond donors (Lipinski definition) is 1. The summed E-state index contributed by atoms with van der Waals surface area (Å²) in [5, 5.41) is 11.7. The van der Waals surface area contributed by atoms with Gasteiger partial charge >= 0.3 is 6.03 Å². The summed E-state index contributed by atoms with van der Waals surface area (Å²) in [5.41, 5.74) is 1.88. The number of nitrogens with zero attached hydrogens (tertiary/aromatic N) is 6. The zero-order valence-corrected chi connectivity index (χ0v) is 15.2. The van der Waals surface area contributed by atoms with Crippen molar-refractivity contribution < 1.29 is 4.79 Å². The van der Waals surface area contributed by atoms with Crippen molar-refractivity contribution in [2.45, 2.75) is 25.3 Å². The van der Waals surface area contributed by atoms with Crippen molar-refractivity contribution in [2.75, 3.05) is 39.0 Å². The van der Waals surface area contributed by atoms with Crippen molar-refractivity contribution in [3.8, 4) is 0 Å². The van der Waals surface area contributed by atoms with Gasteiger partial charge in [-0.05, 0) is 33.0 Å². The highest BCUT2D eigenvalue weighted by Gasteiger charge is 2.25. The fraction of sp³-hybridized carbons (Fsp3) is 0.588. The van der Waals surface area contributed by atoms with Gasteiger partial charge in [0.2, 0.25) is 0 Å². The molecule has 3 heterocycles. The van der Waals surface area contributed by atoms with Crippen LogP contribution in [0.25, 0.3) is 0 Å². The maximum absolute atomic E-state index is 12.4. The van der Waals surface area contributed by atoms with E-state index in [0.29, 0.717) is 5.92 Å². The Balaban J connectivity index is 1.48. The lowest BCUT2D eigenvalue weighted by atomic mass is 9.94. The number of nitrogens with one attached hydrogen (secondary N) is 1. The summed E-state index contributed by atoms with van der Waals surface area (Å²) in [6.07, 6.45) is 7.46. The Morgan fingerprint density at radius 2 is 2.12 bits per heavy atom. The Bertz CT molecular complexity index is 697. The predicted molar refractivity (Wildman–Crippen MR) is 96.6 cm³/mol. The first kappa shape index (κ1) is 17.5. The van der Waals surface area contributed by atoms with E-state index in [-0.39, 0.29) is 6.03 Å². The number of likely N-dealkylation sites (tertiary alicyclic amines) is 1. The van der Waals surface area contributed by atoms with E-state index in [9.17, 15) is 4.79 Å². The van der Waals surface area contributed by atoms with Crippen LogP contribution in [0.5, 0.6) is 0 Å². The summed E-state index contributed by atoms with van der Waals surface area (Å²) in [5.74, 6) is 0.444. The lowest BCUT2D eigenvalue weighted by Crippen LogP contribution is -2.40. The fourth-order valence-corrected chi connectivity index (χ4v) is 3.08. The first-order valence-corrected chi connectivity index (χ1v) is 8.74. The number of urea groups is 1. The van der Waals surface area contributed by atoms with Crippen LogP contribution < -0.4 is 5.32 Å². The van der Waals surface area contributed by atoms with E-state index >= 15 is 0 Å². The van der Waals surface area contributed by atoms with Gasteiger partial charge < -0.3 is 15.1 Å². The number of amides is 2. The molecule has 25 heavy (non-hydrogen) atoms. The average molecular weight is 345 g/mol. The molecular weight excluding hydrogens is 318 g/mol. The Labute approximate surface area is 148 Å². The third-order valence-electron chi connectivity index (χ3n) is 4.60. The molecule has 0 unspecified atom stereocenters. The van der Waals surface area contributed by atoms with E-state index in [4.69, 9.17) is 0 Å². The molecule has 1 aliphatic rings. The summed E-state index contributed by atoms with van der Waals surface area (Å²) in [4.78, 5) is 16.4. The third-order valence-corrected chi connectivity index (χ3v) is 4.60. The second kappa shape index (κ2) is 7.69. The largest absolute Gasteiger partial charge is 0.324 e. The fourth-order valence-electron chi connectivity index (χ4n) is 3.08. The molecule has 0 aromatic carbocycles. The molecule has 136 valence electrons. The Morgan fingerprint density at radius 1 is 1.36 bits per heavy atom. The van der Waals surface area contributed by atoms with Gasteiger partial charge in [0.1, 0.15) is 0 Å². The van der Waals surface area contributed by atoms with Crippen LogP contribution in [-0.2, 0) is 13.6 Å². The number of likely N-dealkylation sites (N-methyl/N-ethyl adjacent to an activating group) is 1. The maximum atomic E-state index is 12.4. The Hall–Kier alpha value is -2.35. The zero-order valence-electron chi connectivity index (χ0n) is 15.2. The quantitative estimate of drug-likeness (QED) is 0.893. The molecule has 0 radical (unpaired) electrons. The second-order valence-corrected chi connectivity index (χ2v) is 6.90. The van der Waals surface area contributed by atoms with E-state index in [1.54, 1.807) is 6.20 Å². The SMILES string of the molecule is CN(C)CCn1cc(NC(=O)N2CCC(c3ccn(C)n3)CC2)cn1. The molecule has 8 heteroatoms. The van der Waals surface area contributed by atoms with Crippen molar-refractivity contribution in [1.82, 2.24) is 29.4 Å². The zero-order chi connectivity index (χ0) is 17.8. The first-order chi connectivity index (χ1) is 12.0. The topological polar surface area (TPSA) is 71.2 Å². The molecule has 1 fully saturated rings. The van der Waals surface area contributed by atoms with Gasteiger partial charge in [-0.3, -0.25) is 9.36 Å². The van der Waals surface area contributed by atoms with E-state index in [0.717, 1.165) is 50.4 Å². The number of aryl methyl sites for hydroxylation is 1. The monoisotopic (exact) mass is 345 g/mol. The molecule has 1 saturated heterocycles. The molecule has 1 N–H and O–H groups in total. The Kier molecular flexibility index (Phi) is 5.37. The van der Waals surface area contributed by atoms with Gasteiger partial charge in [0.05, 0.1) is 24.1 Å². The molecule has 0 bridgehead atoms. The summed E-state index contributed by atoms with van der Waals surface area (Å²) in [6, 6.07) is 2.02. The number of piperidine rings is 1. The number of anilines is 1. The second-order valence-electron chi connectivity index (χ2n) is 6.90. The van der Waals surface area contributed by atoms with Gasteiger partial charge in [0.15, 0.2) is 0 Å². The van der Waals surface area contributed by atoms with Gasteiger partial charge in [-0.15, -0.1) is 0 Å². The smallest absolute Gasteiger partial charge is 0.321 e. The molecule has 8 nitrogen and oxygen atoms in total. The number of hydrogen-bond acceptors (Lipinski definition) is 4. The normalized spacial score (nSPS) is 15.8. The minimum Gasteiger partial charge on any atom is -0.324 e. The number of aromatic nitrogens is 4. The number of carbonyl (C=O) groups is 1.